The molecule has 0 unspecified atom stereocenters. The van der Waals surface area contributed by atoms with Gasteiger partial charge in [-0.15, -0.1) is 0 Å². The molecule has 0 bridgehead atoms. The third-order valence-corrected chi connectivity index (χ3v) is 2.66. The molecule has 0 aromatic rings. The second-order valence-electron chi connectivity index (χ2n) is 4.54. The van der Waals surface area contributed by atoms with Gasteiger partial charge in [-0.05, 0) is 25.7 Å². The monoisotopic (exact) mass is 252 g/mol. The molecule has 0 aliphatic carbocycles. The van der Waals surface area contributed by atoms with E-state index in [0.29, 0.717) is 6.61 Å². The predicted molar refractivity (Wildman–Crippen MR) is 77.5 cm³/mol. The number of carbonyl (C=O) groups excluding carboxylic acids is 1. The van der Waals surface area contributed by atoms with Crippen molar-refractivity contribution in [3.63, 3.8) is 0 Å². The van der Waals surface area contributed by atoms with Crippen molar-refractivity contribution < 1.29 is 9.53 Å². The summed E-state index contributed by atoms with van der Waals surface area (Å²) < 4.78 is 4.88. The zero-order valence-corrected chi connectivity index (χ0v) is 12.0. The van der Waals surface area contributed by atoms with Crippen LogP contribution in [0.4, 0.5) is 0 Å². The maximum Gasteiger partial charge on any atom is 0.302 e. The molecule has 2 heteroatoms. The molecule has 0 spiro atoms. The Hall–Kier alpha value is -1.05. The van der Waals surface area contributed by atoms with E-state index in [1.54, 1.807) is 0 Å². The van der Waals surface area contributed by atoms with Crippen LogP contribution < -0.4 is 0 Å². The van der Waals surface area contributed by atoms with Gasteiger partial charge in [-0.3, -0.25) is 4.79 Å². The molecule has 2 nitrogen and oxygen atoms in total. The molecule has 18 heavy (non-hydrogen) atoms. The Labute approximate surface area is 112 Å². The van der Waals surface area contributed by atoms with Crippen LogP contribution in [0, 0.1) is 0 Å². The van der Waals surface area contributed by atoms with Gasteiger partial charge in [0.1, 0.15) is 0 Å². The summed E-state index contributed by atoms with van der Waals surface area (Å²) in [4.78, 5) is 10.5. The van der Waals surface area contributed by atoms with Gasteiger partial charge in [0.05, 0.1) is 6.61 Å². The summed E-state index contributed by atoms with van der Waals surface area (Å²) in [6, 6.07) is 0. The van der Waals surface area contributed by atoms with Gasteiger partial charge in [-0.2, -0.15) is 0 Å². The molecule has 104 valence electrons. The zero-order chi connectivity index (χ0) is 13.5. The highest BCUT2D eigenvalue weighted by molar-refractivity contribution is 5.65. The minimum atomic E-state index is -0.170. The van der Waals surface area contributed by atoms with E-state index in [9.17, 15) is 4.79 Å². The molecule has 0 saturated carbocycles. The van der Waals surface area contributed by atoms with Crippen LogP contribution in [-0.4, -0.2) is 12.6 Å². The maximum atomic E-state index is 10.5. The quantitative estimate of drug-likeness (QED) is 0.300. The number of esters is 1. The van der Waals surface area contributed by atoms with Gasteiger partial charge in [-0.25, -0.2) is 0 Å². The van der Waals surface area contributed by atoms with E-state index in [4.69, 9.17) is 4.74 Å². The Morgan fingerprint density at radius 1 is 0.944 bits per heavy atom. The van der Waals surface area contributed by atoms with Crippen LogP contribution >= 0.6 is 0 Å². The van der Waals surface area contributed by atoms with Crippen LogP contribution in [0.25, 0.3) is 0 Å². The average Bonchev–Trinajstić information content (AvgIpc) is 2.34. The lowest BCUT2D eigenvalue weighted by Gasteiger charge is -2.01. The van der Waals surface area contributed by atoms with Crippen LogP contribution in [0.3, 0.4) is 0 Å². The zero-order valence-electron chi connectivity index (χ0n) is 12.0. The molecule has 0 heterocycles. The normalized spacial score (nSPS) is 11.4. The van der Waals surface area contributed by atoms with Crippen LogP contribution in [0.2, 0.25) is 0 Å². The molecule has 0 N–H and O–H groups in total. The Bertz CT molecular complexity index is 241. The fourth-order valence-electron chi connectivity index (χ4n) is 1.63. The van der Waals surface area contributed by atoms with E-state index in [0.717, 1.165) is 12.8 Å². The maximum absolute atomic E-state index is 10.5. The molecule has 0 amide bonds. The third kappa shape index (κ3) is 14.9. The lowest BCUT2D eigenvalue weighted by atomic mass is 10.1. The Balaban J connectivity index is 3.13. The van der Waals surface area contributed by atoms with Crippen LogP contribution in [-0.2, 0) is 9.53 Å². The molecule has 0 radical (unpaired) electrons. The smallest absolute Gasteiger partial charge is 0.302 e. The topological polar surface area (TPSA) is 26.3 Å². The fraction of sp³-hybridized carbons (Fsp3) is 0.688. The number of rotatable bonds is 11. The van der Waals surface area contributed by atoms with Gasteiger partial charge < -0.3 is 4.74 Å². The van der Waals surface area contributed by atoms with Crippen molar-refractivity contribution in [1.82, 2.24) is 0 Å². The summed E-state index contributed by atoms with van der Waals surface area (Å²) in [5, 5.41) is 0. The number of hydrogen-bond donors (Lipinski definition) is 0. The van der Waals surface area contributed by atoms with Gasteiger partial charge in [0, 0.05) is 6.92 Å². The van der Waals surface area contributed by atoms with Crippen molar-refractivity contribution in [2.45, 2.75) is 65.2 Å². The number of hydrogen-bond acceptors (Lipinski definition) is 2. The minimum Gasteiger partial charge on any atom is -0.466 e. The second-order valence-corrected chi connectivity index (χ2v) is 4.54. The second kappa shape index (κ2) is 14.0. The SMILES string of the molecule is CCCC=CC=CCCCCCCCOC(C)=O. The first-order chi connectivity index (χ1) is 8.77. The van der Waals surface area contributed by atoms with Gasteiger partial charge in [-0.1, -0.05) is 56.9 Å². The molecule has 0 saturated heterocycles. The lowest BCUT2D eigenvalue weighted by molar-refractivity contribution is -0.141. The Morgan fingerprint density at radius 3 is 2.22 bits per heavy atom. The van der Waals surface area contributed by atoms with E-state index in [-0.39, 0.29) is 5.97 Å². The van der Waals surface area contributed by atoms with Crippen molar-refractivity contribution in [2.24, 2.45) is 0 Å². The van der Waals surface area contributed by atoms with E-state index < -0.39 is 0 Å². The van der Waals surface area contributed by atoms with Crippen LogP contribution in [0.1, 0.15) is 65.2 Å². The summed E-state index contributed by atoms with van der Waals surface area (Å²) in [5.74, 6) is -0.170. The van der Waals surface area contributed by atoms with E-state index in [1.807, 2.05) is 0 Å². The standard InChI is InChI=1S/C16H28O2/c1-3-4-5-6-7-8-9-10-11-12-13-14-15-18-16(2)17/h5-8H,3-4,9-15H2,1-2H3. The van der Waals surface area contributed by atoms with Gasteiger partial charge in [0.2, 0.25) is 0 Å². The largest absolute Gasteiger partial charge is 0.466 e. The van der Waals surface area contributed by atoms with Gasteiger partial charge in [0.25, 0.3) is 0 Å². The van der Waals surface area contributed by atoms with Crippen molar-refractivity contribution in [3.8, 4) is 0 Å². The first-order valence-electron chi connectivity index (χ1n) is 7.22. The predicted octanol–water partition coefficient (Wildman–Crippen LogP) is 4.80. The number of unbranched alkanes of at least 4 members (excludes halogenated alkanes) is 6. The minimum absolute atomic E-state index is 0.170. The van der Waals surface area contributed by atoms with Crippen molar-refractivity contribution >= 4 is 5.97 Å². The van der Waals surface area contributed by atoms with E-state index in [1.165, 1.54) is 45.4 Å². The number of carbonyl (C=O) groups is 1. The summed E-state index contributed by atoms with van der Waals surface area (Å²) in [5.41, 5.74) is 0. The van der Waals surface area contributed by atoms with Gasteiger partial charge >= 0.3 is 5.97 Å². The molecular weight excluding hydrogens is 224 g/mol. The van der Waals surface area contributed by atoms with Crippen LogP contribution in [0.15, 0.2) is 24.3 Å². The highest BCUT2D eigenvalue weighted by Crippen LogP contribution is 2.06. The molecule has 0 rings (SSSR count). The van der Waals surface area contributed by atoms with Crippen molar-refractivity contribution in [1.29, 1.82) is 0 Å². The summed E-state index contributed by atoms with van der Waals surface area (Å²) in [6.45, 7) is 4.23. The first kappa shape index (κ1) is 16.9. The molecule has 0 aromatic carbocycles. The molecule has 0 fully saturated rings. The average molecular weight is 252 g/mol. The van der Waals surface area contributed by atoms with E-state index >= 15 is 0 Å². The Kier molecular flexibility index (Phi) is 13.2. The molecule has 0 aliphatic rings. The highest BCUT2D eigenvalue weighted by atomic mass is 16.5. The lowest BCUT2D eigenvalue weighted by Crippen LogP contribution is -1.99. The van der Waals surface area contributed by atoms with E-state index in [2.05, 4.69) is 31.2 Å². The van der Waals surface area contributed by atoms with Crippen molar-refractivity contribution in [3.05, 3.63) is 24.3 Å². The Morgan fingerprint density at radius 2 is 1.56 bits per heavy atom. The number of ether oxygens (including phenoxy) is 1. The third-order valence-electron chi connectivity index (χ3n) is 2.66. The molecule has 0 aromatic heterocycles. The molecule has 0 aliphatic heterocycles. The van der Waals surface area contributed by atoms with Crippen molar-refractivity contribution in [2.75, 3.05) is 6.61 Å². The van der Waals surface area contributed by atoms with Crippen LogP contribution in [0.5, 0.6) is 0 Å². The van der Waals surface area contributed by atoms with Gasteiger partial charge in [0.15, 0.2) is 0 Å². The first-order valence-corrected chi connectivity index (χ1v) is 7.22. The highest BCUT2D eigenvalue weighted by Gasteiger charge is 1.93. The fourth-order valence-corrected chi connectivity index (χ4v) is 1.63. The molecular formula is C16H28O2. The summed E-state index contributed by atoms with van der Waals surface area (Å²) in [6.07, 6.45) is 18.2. The summed E-state index contributed by atoms with van der Waals surface area (Å²) in [7, 11) is 0. The molecule has 0 atom stereocenters. The number of allylic oxidation sites excluding steroid dienone is 4. The summed E-state index contributed by atoms with van der Waals surface area (Å²) >= 11 is 0.